The third kappa shape index (κ3) is 0.910. The zero-order chi connectivity index (χ0) is 6.85. The standard InChI is InChI=1S/C5H6N2O2/c1-7-2-4(3-8)6-5(7)9/h2-3H,1H3,(H,6,9). The average molecular weight is 126 g/mol. The SMILES string of the molecule is Cn1cc(C=O)[nH]c1=O. The number of nitrogens with zero attached hydrogens (tertiary/aromatic N) is 1. The lowest BCUT2D eigenvalue weighted by molar-refractivity contribution is 0.111. The quantitative estimate of drug-likeness (QED) is 0.517. The van der Waals surface area contributed by atoms with Gasteiger partial charge >= 0.3 is 5.69 Å². The minimum atomic E-state index is -0.267. The highest BCUT2D eigenvalue weighted by molar-refractivity contribution is 5.70. The van der Waals surface area contributed by atoms with E-state index in [4.69, 9.17) is 0 Å². The molecule has 0 radical (unpaired) electrons. The van der Waals surface area contributed by atoms with Crippen molar-refractivity contribution in [2.24, 2.45) is 7.05 Å². The molecule has 0 saturated carbocycles. The molecule has 48 valence electrons. The van der Waals surface area contributed by atoms with Crippen molar-refractivity contribution in [2.75, 3.05) is 0 Å². The van der Waals surface area contributed by atoms with E-state index in [2.05, 4.69) is 4.98 Å². The third-order valence-corrected chi connectivity index (χ3v) is 1.03. The van der Waals surface area contributed by atoms with Crippen LogP contribution in [0.3, 0.4) is 0 Å². The summed E-state index contributed by atoms with van der Waals surface area (Å²) < 4.78 is 1.31. The molecule has 0 spiro atoms. The molecule has 9 heavy (non-hydrogen) atoms. The Bertz CT molecular complexity index is 271. The lowest BCUT2D eigenvalue weighted by atomic mass is 10.5. The van der Waals surface area contributed by atoms with Gasteiger partial charge in [0.25, 0.3) is 0 Å². The Morgan fingerprint density at radius 2 is 2.44 bits per heavy atom. The molecule has 1 N–H and O–H groups in total. The summed E-state index contributed by atoms with van der Waals surface area (Å²) in [6.45, 7) is 0. The van der Waals surface area contributed by atoms with Crippen molar-refractivity contribution >= 4 is 6.29 Å². The molecule has 4 nitrogen and oxygen atoms in total. The molecule has 0 saturated heterocycles. The lowest BCUT2D eigenvalue weighted by Gasteiger charge is -1.77. The van der Waals surface area contributed by atoms with Crippen molar-refractivity contribution in [3.8, 4) is 0 Å². The van der Waals surface area contributed by atoms with Crippen molar-refractivity contribution in [2.45, 2.75) is 0 Å². The summed E-state index contributed by atoms with van der Waals surface area (Å²) in [4.78, 5) is 22.9. The molecule has 0 atom stereocenters. The predicted molar refractivity (Wildman–Crippen MR) is 31.4 cm³/mol. The van der Waals surface area contributed by atoms with Crippen LogP contribution in [-0.4, -0.2) is 15.8 Å². The largest absolute Gasteiger partial charge is 0.325 e. The van der Waals surface area contributed by atoms with Crippen LogP contribution in [0.15, 0.2) is 11.0 Å². The van der Waals surface area contributed by atoms with Gasteiger partial charge < -0.3 is 9.55 Å². The number of aromatic amines is 1. The van der Waals surface area contributed by atoms with Crippen LogP contribution in [0.4, 0.5) is 0 Å². The highest BCUT2D eigenvalue weighted by Crippen LogP contribution is 1.80. The molecule has 0 unspecified atom stereocenters. The van der Waals surface area contributed by atoms with Crippen LogP contribution in [0, 0.1) is 0 Å². The van der Waals surface area contributed by atoms with Crippen molar-refractivity contribution in [3.63, 3.8) is 0 Å². The normalized spacial score (nSPS) is 9.44. The second-order valence-electron chi connectivity index (χ2n) is 1.74. The van der Waals surface area contributed by atoms with E-state index in [1.165, 1.54) is 10.8 Å². The van der Waals surface area contributed by atoms with E-state index in [0.29, 0.717) is 12.0 Å². The maximum Gasteiger partial charge on any atom is 0.325 e. The van der Waals surface area contributed by atoms with Crippen molar-refractivity contribution in [1.82, 2.24) is 9.55 Å². The number of aryl methyl sites for hydroxylation is 1. The first-order valence-corrected chi connectivity index (χ1v) is 2.45. The molecule has 0 fully saturated rings. The summed E-state index contributed by atoms with van der Waals surface area (Å²) in [5, 5.41) is 0. The van der Waals surface area contributed by atoms with Gasteiger partial charge in [-0.15, -0.1) is 0 Å². The molecular weight excluding hydrogens is 120 g/mol. The molecule has 0 bridgehead atoms. The van der Waals surface area contributed by atoms with Crippen molar-refractivity contribution in [1.29, 1.82) is 0 Å². The molecule has 0 aromatic carbocycles. The fraction of sp³-hybridized carbons (Fsp3) is 0.200. The first-order chi connectivity index (χ1) is 4.24. The molecule has 1 rings (SSSR count). The van der Waals surface area contributed by atoms with E-state index in [1.807, 2.05) is 0 Å². The Kier molecular flexibility index (Phi) is 1.22. The van der Waals surface area contributed by atoms with Gasteiger partial charge in [0.05, 0.1) is 5.69 Å². The molecule has 0 aliphatic heterocycles. The Hall–Kier alpha value is -1.32. The smallest absolute Gasteiger partial charge is 0.303 e. The summed E-state index contributed by atoms with van der Waals surface area (Å²) in [6.07, 6.45) is 2.04. The van der Waals surface area contributed by atoms with E-state index >= 15 is 0 Å². The zero-order valence-corrected chi connectivity index (χ0v) is 4.92. The van der Waals surface area contributed by atoms with Crippen LogP contribution < -0.4 is 5.69 Å². The second kappa shape index (κ2) is 1.89. The minimum Gasteiger partial charge on any atom is -0.303 e. The minimum absolute atomic E-state index is 0.267. The fourth-order valence-corrected chi connectivity index (χ4v) is 0.571. The monoisotopic (exact) mass is 126 g/mol. The van der Waals surface area contributed by atoms with Gasteiger partial charge in [-0.05, 0) is 0 Å². The van der Waals surface area contributed by atoms with Crippen LogP contribution in [0.25, 0.3) is 0 Å². The lowest BCUT2D eigenvalue weighted by Crippen LogP contribution is -2.11. The third-order valence-electron chi connectivity index (χ3n) is 1.03. The Morgan fingerprint density at radius 3 is 2.67 bits per heavy atom. The van der Waals surface area contributed by atoms with Crippen LogP contribution in [0.5, 0.6) is 0 Å². The summed E-state index contributed by atoms with van der Waals surface area (Å²) in [5.74, 6) is 0. The maximum absolute atomic E-state index is 10.5. The van der Waals surface area contributed by atoms with E-state index < -0.39 is 0 Å². The number of carbonyl (C=O) groups excluding carboxylic acids is 1. The van der Waals surface area contributed by atoms with Crippen molar-refractivity contribution in [3.05, 3.63) is 22.4 Å². The number of nitrogens with one attached hydrogen (secondary N) is 1. The van der Waals surface area contributed by atoms with E-state index in [0.717, 1.165) is 0 Å². The van der Waals surface area contributed by atoms with E-state index in [9.17, 15) is 9.59 Å². The highest BCUT2D eigenvalue weighted by atomic mass is 16.1. The average Bonchev–Trinajstić information content (AvgIpc) is 2.13. The summed E-state index contributed by atoms with van der Waals surface area (Å²) >= 11 is 0. The van der Waals surface area contributed by atoms with Gasteiger partial charge in [0.15, 0.2) is 6.29 Å². The number of hydrogen-bond acceptors (Lipinski definition) is 2. The van der Waals surface area contributed by atoms with Gasteiger partial charge in [0, 0.05) is 13.2 Å². The van der Waals surface area contributed by atoms with Gasteiger partial charge in [0.2, 0.25) is 0 Å². The Balaban J connectivity index is 3.28. The molecule has 0 aliphatic carbocycles. The summed E-state index contributed by atoms with van der Waals surface area (Å²) in [6, 6.07) is 0. The number of rotatable bonds is 1. The van der Waals surface area contributed by atoms with Gasteiger partial charge in [-0.2, -0.15) is 0 Å². The molecule has 1 aromatic rings. The van der Waals surface area contributed by atoms with Gasteiger partial charge in [-0.25, -0.2) is 4.79 Å². The first-order valence-electron chi connectivity index (χ1n) is 2.45. The zero-order valence-electron chi connectivity index (χ0n) is 4.92. The topological polar surface area (TPSA) is 54.9 Å². The molecular formula is C5H6N2O2. The molecule has 4 heteroatoms. The summed E-state index contributed by atoms with van der Waals surface area (Å²) in [7, 11) is 1.58. The van der Waals surface area contributed by atoms with Crippen LogP contribution in [0.1, 0.15) is 10.5 Å². The number of aldehydes is 1. The molecule has 1 aromatic heterocycles. The van der Waals surface area contributed by atoms with Gasteiger partial charge in [-0.1, -0.05) is 0 Å². The van der Waals surface area contributed by atoms with E-state index in [1.54, 1.807) is 7.05 Å². The van der Waals surface area contributed by atoms with Gasteiger partial charge in [0.1, 0.15) is 0 Å². The van der Waals surface area contributed by atoms with E-state index in [-0.39, 0.29) is 5.69 Å². The number of carbonyl (C=O) groups is 1. The number of hydrogen-bond donors (Lipinski definition) is 1. The second-order valence-corrected chi connectivity index (χ2v) is 1.74. The summed E-state index contributed by atoms with van der Waals surface area (Å²) in [5.41, 5.74) is 0.0413. The fourth-order valence-electron chi connectivity index (χ4n) is 0.571. The molecule has 0 aliphatic rings. The van der Waals surface area contributed by atoms with Crippen molar-refractivity contribution < 1.29 is 4.79 Å². The van der Waals surface area contributed by atoms with Gasteiger partial charge in [-0.3, -0.25) is 4.79 Å². The molecule has 0 amide bonds. The number of aromatic nitrogens is 2. The predicted octanol–water partition coefficient (Wildman–Crippen LogP) is -0.474. The number of imidazole rings is 1. The Labute approximate surface area is 51.1 Å². The van der Waals surface area contributed by atoms with Crippen LogP contribution >= 0.6 is 0 Å². The maximum atomic E-state index is 10.5. The Morgan fingerprint density at radius 1 is 1.78 bits per heavy atom. The number of H-pyrrole nitrogens is 1. The first kappa shape index (κ1) is 5.81. The highest BCUT2D eigenvalue weighted by Gasteiger charge is 1.94. The van der Waals surface area contributed by atoms with Crippen LogP contribution in [-0.2, 0) is 7.05 Å². The molecule has 1 heterocycles. The van der Waals surface area contributed by atoms with Crippen LogP contribution in [0.2, 0.25) is 0 Å².